The van der Waals surface area contributed by atoms with E-state index in [4.69, 9.17) is 9.73 Å². The number of ether oxygens (including phenoxy) is 1. The van der Waals surface area contributed by atoms with E-state index in [1.54, 1.807) is 0 Å². The van der Waals surface area contributed by atoms with E-state index in [9.17, 15) is 0 Å². The molecule has 0 radical (unpaired) electrons. The number of hydrogen-bond donors (Lipinski definition) is 1. The normalized spacial score (nSPS) is 22.1. The third-order valence-electron chi connectivity index (χ3n) is 5.24. The van der Waals surface area contributed by atoms with Crippen LogP contribution in [0.5, 0.6) is 0 Å². The smallest absolute Gasteiger partial charge is 0.193 e. The number of guanidine groups is 1. The first-order chi connectivity index (χ1) is 12.3. The highest BCUT2D eigenvalue weighted by Crippen LogP contribution is 2.26. The summed E-state index contributed by atoms with van der Waals surface area (Å²) in [6.07, 6.45) is 12.0. The standard InChI is InChI=1S/C19H33N5O/c1-3-20-19(21-10-6-12-25-18-7-4-5-8-18)24-11-9-16(15-24)17-13-22-23(2)14-17/h13-14,16,18H,3-12,15H2,1-2H3,(H,20,21). The van der Waals surface area contributed by atoms with E-state index in [0.29, 0.717) is 12.0 Å². The summed E-state index contributed by atoms with van der Waals surface area (Å²) in [4.78, 5) is 7.21. The van der Waals surface area contributed by atoms with Gasteiger partial charge in [0.15, 0.2) is 5.96 Å². The molecule has 0 amide bonds. The van der Waals surface area contributed by atoms with Crippen LogP contribution < -0.4 is 5.32 Å². The lowest BCUT2D eigenvalue weighted by Crippen LogP contribution is -2.40. The quantitative estimate of drug-likeness (QED) is 0.468. The van der Waals surface area contributed by atoms with E-state index >= 15 is 0 Å². The molecule has 6 heteroatoms. The molecule has 0 bridgehead atoms. The van der Waals surface area contributed by atoms with Crippen LogP contribution in [0, 0.1) is 0 Å². The maximum Gasteiger partial charge on any atom is 0.193 e. The SMILES string of the molecule is CCNC(=NCCCOC1CCCC1)N1CCC(c2cnn(C)c2)C1. The van der Waals surface area contributed by atoms with Crippen molar-refractivity contribution in [3.63, 3.8) is 0 Å². The molecule has 140 valence electrons. The van der Waals surface area contributed by atoms with Gasteiger partial charge in [-0.3, -0.25) is 9.67 Å². The summed E-state index contributed by atoms with van der Waals surface area (Å²) >= 11 is 0. The summed E-state index contributed by atoms with van der Waals surface area (Å²) in [6, 6.07) is 0. The number of aliphatic imine (C=N–C) groups is 1. The van der Waals surface area contributed by atoms with Gasteiger partial charge in [-0.25, -0.2) is 0 Å². The molecule has 1 aliphatic heterocycles. The molecule has 2 aliphatic rings. The number of nitrogens with zero attached hydrogens (tertiary/aromatic N) is 4. The predicted octanol–water partition coefficient (Wildman–Crippen LogP) is 2.52. The fourth-order valence-corrected chi connectivity index (χ4v) is 3.86. The monoisotopic (exact) mass is 347 g/mol. The van der Waals surface area contributed by atoms with Gasteiger partial charge in [-0.15, -0.1) is 0 Å². The first-order valence-corrected chi connectivity index (χ1v) is 9.89. The molecule has 25 heavy (non-hydrogen) atoms. The molecule has 2 fully saturated rings. The Morgan fingerprint density at radius 2 is 2.20 bits per heavy atom. The summed E-state index contributed by atoms with van der Waals surface area (Å²) in [5.74, 6) is 1.61. The van der Waals surface area contributed by atoms with Crippen molar-refractivity contribution in [1.29, 1.82) is 0 Å². The second kappa shape index (κ2) is 9.22. The van der Waals surface area contributed by atoms with E-state index < -0.39 is 0 Å². The molecule has 1 aromatic rings. The van der Waals surface area contributed by atoms with Crippen LogP contribution in [0.4, 0.5) is 0 Å². The third-order valence-corrected chi connectivity index (χ3v) is 5.24. The van der Waals surface area contributed by atoms with Crippen LogP contribution in [-0.4, -0.2) is 59.5 Å². The minimum Gasteiger partial charge on any atom is -0.378 e. The first-order valence-electron chi connectivity index (χ1n) is 9.89. The second-order valence-corrected chi connectivity index (χ2v) is 7.25. The van der Waals surface area contributed by atoms with Crippen LogP contribution in [-0.2, 0) is 11.8 Å². The lowest BCUT2D eigenvalue weighted by Gasteiger charge is -2.21. The lowest BCUT2D eigenvalue weighted by molar-refractivity contribution is 0.0579. The van der Waals surface area contributed by atoms with Gasteiger partial charge in [0.25, 0.3) is 0 Å². The fraction of sp³-hybridized carbons (Fsp3) is 0.789. The highest BCUT2D eigenvalue weighted by molar-refractivity contribution is 5.80. The van der Waals surface area contributed by atoms with Crippen LogP contribution >= 0.6 is 0 Å². The number of rotatable bonds is 7. The van der Waals surface area contributed by atoms with Gasteiger partial charge in [0.05, 0.1) is 12.3 Å². The number of nitrogens with one attached hydrogen (secondary N) is 1. The molecular formula is C19H33N5O. The van der Waals surface area contributed by atoms with E-state index in [-0.39, 0.29) is 0 Å². The number of aromatic nitrogens is 2. The Morgan fingerprint density at radius 3 is 2.92 bits per heavy atom. The third kappa shape index (κ3) is 5.21. The predicted molar refractivity (Wildman–Crippen MR) is 101 cm³/mol. The Balaban J connectivity index is 1.45. The molecule has 1 saturated carbocycles. The Hall–Kier alpha value is -1.56. The van der Waals surface area contributed by atoms with Gasteiger partial charge in [-0.1, -0.05) is 12.8 Å². The van der Waals surface area contributed by atoms with Crippen LogP contribution in [0.2, 0.25) is 0 Å². The molecule has 1 N–H and O–H groups in total. The zero-order valence-electron chi connectivity index (χ0n) is 15.8. The zero-order valence-corrected chi connectivity index (χ0v) is 15.8. The van der Waals surface area contributed by atoms with Gasteiger partial charge in [0.2, 0.25) is 0 Å². The Labute approximate surface area is 151 Å². The van der Waals surface area contributed by atoms with E-state index in [1.165, 1.54) is 37.7 Å². The van der Waals surface area contributed by atoms with Gasteiger partial charge in [-0.2, -0.15) is 5.10 Å². The molecule has 0 spiro atoms. The molecule has 1 saturated heterocycles. The summed E-state index contributed by atoms with van der Waals surface area (Å²) in [6.45, 7) is 6.80. The molecule has 2 heterocycles. The fourth-order valence-electron chi connectivity index (χ4n) is 3.86. The number of aryl methyl sites for hydroxylation is 1. The van der Waals surface area contributed by atoms with E-state index in [0.717, 1.165) is 45.2 Å². The van der Waals surface area contributed by atoms with Crippen molar-refractivity contribution in [2.75, 3.05) is 32.8 Å². The summed E-state index contributed by atoms with van der Waals surface area (Å²) < 4.78 is 7.83. The van der Waals surface area contributed by atoms with Gasteiger partial charge in [-0.05, 0) is 38.2 Å². The molecule has 1 aliphatic carbocycles. The molecule has 1 atom stereocenters. The maximum absolute atomic E-state index is 5.93. The Bertz CT molecular complexity index is 550. The summed E-state index contributed by atoms with van der Waals surface area (Å²) in [7, 11) is 1.98. The molecule has 0 aromatic carbocycles. The largest absolute Gasteiger partial charge is 0.378 e. The molecular weight excluding hydrogens is 314 g/mol. The van der Waals surface area contributed by atoms with Crippen LogP contribution in [0.25, 0.3) is 0 Å². The maximum atomic E-state index is 5.93. The van der Waals surface area contributed by atoms with Crippen molar-refractivity contribution >= 4 is 5.96 Å². The average Bonchev–Trinajstić information content (AvgIpc) is 3.35. The molecule has 3 rings (SSSR count). The zero-order chi connectivity index (χ0) is 17.5. The van der Waals surface area contributed by atoms with Crippen LogP contribution in [0.1, 0.15) is 56.9 Å². The van der Waals surface area contributed by atoms with Crippen molar-refractivity contribution in [2.45, 2.75) is 57.5 Å². The van der Waals surface area contributed by atoms with Crippen LogP contribution in [0.15, 0.2) is 17.4 Å². The number of likely N-dealkylation sites (tertiary alicyclic amines) is 1. The highest BCUT2D eigenvalue weighted by Gasteiger charge is 2.26. The van der Waals surface area contributed by atoms with Gasteiger partial charge >= 0.3 is 0 Å². The first kappa shape index (κ1) is 18.2. The average molecular weight is 348 g/mol. The Morgan fingerprint density at radius 1 is 1.36 bits per heavy atom. The van der Waals surface area contributed by atoms with Crippen molar-refractivity contribution in [2.24, 2.45) is 12.0 Å². The van der Waals surface area contributed by atoms with E-state index in [2.05, 4.69) is 28.4 Å². The van der Waals surface area contributed by atoms with E-state index in [1.807, 2.05) is 17.9 Å². The number of hydrogen-bond acceptors (Lipinski definition) is 3. The highest BCUT2D eigenvalue weighted by atomic mass is 16.5. The lowest BCUT2D eigenvalue weighted by atomic mass is 10.0. The van der Waals surface area contributed by atoms with Gasteiger partial charge in [0, 0.05) is 51.9 Å². The summed E-state index contributed by atoms with van der Waals surface area (Å²) in [5, 5.41) is 7.76. The molecule has 1 unspecified atom stereocenters. The van der Waals surface area contributed by atoms with Crippen LogP contribution in [0.3, 0.4) is 0 Å². The van der Waals surface area contributed by atoms with Crippen molar-refractivity contribution in [1.82, 2.24) is 20.0 Å². The topological polar surface area (TPSA) is 54.7 Å². The Kier molecular flexibility index (Phi) is 6.73. The van der Waals surface area contributed by atoms with Crippen molar-refractivity contribution < 1.29 is 4.74 Å². The van der Waals surface area contributed by atoms with Crippen molar-refractivity contribution in [3.8, 4) is 0 Å². The van der Waals surface area contributed by atoms with Crippen molar-refractivity contribution in [3.05, 3.63) is 18.0 Å². The van der Waals surface area contributed by atoms with Gasteiger partial charge < -0.3 is 15.0 Å². The summed E-state index contributed by atoms with van der Waals surface area (Å²) in [5.41, 5.74) is 1.34. The van der Waals surface area contributed by atoms with Gasteiger partial charge in [0.1, 0.15) is 0 Å². The molecule has 6 nitrogen and oxygen atoms in total. The molecule has 1 aromatic heterocycles. The minimum atomic E-state index is 0.510. The minimum absolute atomic E-state index is 0.510. The second-order valence-electron chi connectivity index (χ2n) is 7.25.